The van der Waals surface area contributed by atoms with E-state index in [-0.39, 0.29) is 0 Å². The molecule has 0 amide bonds. The summed E-state index contributed by atoms with van der Waals surface area (Å²) in [5.41, 5.74) is 1.23. The Morgan fingerprint density at radius 3 is 2.81 bits per heavy atom. The third kappa shape index (κ3) is 2.73. The van der Waals surface area contributed by atoms with Crippen LogP contribution in [0.3, 0.4) is 0 Å². The van der Waals surface area contributed by atoms with Gasteiger partial charge in [-0.25, -0.2) is 4.79 Å². The quantitative estimate of drug-likeness (QED) is 0.723. The molecule has 2 rings (SSSR count). The predicted molar refractivity (Wildman–Crippen MR) is 62.9 cm³/mol. The Labute approximate surface area is 94.7 Å². The molecule has 0 aliphatic carbocycles. The predicted octanol–water partition coefficient (Wildman–Crippen LogP) is 1.55. The molecule has 1 fully saturated rings. The zero-order valence-corrected chi connectivity index (χ0v) is 9.07. The first kappa shape index (κ1) is 11.0. The fourth-order valence-electron chi connectivity index (χ4n) is 1.94. The molecule has 4 heteroatoms. The van der Waals surface area contributed by atoms with E-state index in [1.165, 1.54) is 0 Å². The Kier molecular flexibility index (Phi) is 3.41. The maximum absolute atomic E-state index is 10.8. The van der Waals surface area contributed by atoms with Gasteiger partial charge in [0.15, 0.2) is 0 Å². The van der Waals surface area contributed by atoms with Crippen LogP contribution in [0.15, 0.2) is 24.3 Å². The lowest BCUT2D eigenvalue weighted by Gasteiger charge is -2.24. The fraction of sp³-hybridized carbons (Fsp3) is 0.417. The minimum atomic E-state index is -0.881. The van der Waals surface area contributed by atoms with Gasteiger partial charge >= 0.3 is 5.97 Å². The minimum absolute atomic E-state index is 0.332. The van der Waals surface area contributed by atoms with Gasteiger partial charge in [-0.3, -0.25) is 0 Å². The van der Waals surface area contributed by atoms with Crippen LogP contribution < -0.4 is 10.6 Å². The van der Waals surface area contributed by atoms with Crippen molar-refractivity contribution >= 4 is 11.7 Å². The number of carboxylic acid groups (broad SMARTS) is 1. The van der Waals surface area contributed by atoms with Gasteiger partial charge in [-0.05, 0) is 44.1 Å². The summed E-state index contributed by atoms with van der Waals surface area (Å²) in [6.07, 6.45) is 2.16. The Morgan fingerprint density at radius 2 is 2.12 bits per heavy atom. The number of aromatic carboxylic acids is 1. The molecule has 0 saturated carbocycles. The number of benzene rings is 1. The first-order valence-electron chi connectivity index (χ1n) is 5.56. The van der Waals surface area contributed by atoms with Crippen LogP contribution in [-0.4, -0.2) is 30.2 Å². The number of piperidine rings is 1. The smallest absolute Gasteiger partial charge is 0.335 e. The summed E-state index contributed by atoms with van der Waals surface area (Å²) >= 11 is 0. The van der Waals surface area contributed by atoms with Crippen molar-refractivity contribution in [1.82, 2.24) is 5.32 Å². The summed E-state index contributed by atoms with van der Waals surface area (Å²) in [6.45, 7) is 2.05. The van der Waals surface area contributed by atoms with E-state index in [0.717, 1.165) is 31.6 Å². The van der Waals surface area contributed by atoms with E-state index in [2.05, 4.69) is 10.6 Å². The van der Waals surface area contributed by atoms with Crippen molar-refractivity contribution in [3.63, 3.8) is 0 Å². The van der Waals surface area contributed by atoms with E-state index in [1.54, 1.807) is 18.2 Å². The molecule has 0 atom stereocenters. The molecule has 0 unspecified atom stereocenters. The molecule has 86 valence electrons. The second-order valence-corrected chi connectivity index (χ2v) is 4.05. The SMILES string of the molecule is O=C(O)c1cccc(NC2CCNCC2)c1. The highest BCUT2D eigenvalue weighted by Crippen LogP contribution is 2.15. The number of anilines is 1. The molecule has 4 nitrogen and oxygen atoms in total. The Hall–Kier alpha value is -1.55. The minimum Gasteiger partial charge on any atom is -0.478 e. The first-order valence-corrected chi connectivity index (χ1v) is 5.56. The molecule has 0 bridgehead atoms. The molecule has 0 spiro atoms. The number of carboxylic acids is 1. The third-order valence-corrected chi connectivity index (χ3v) is 2.82. The van der Waals surface area contributed by atoms with Crippen molar-refractivity contribution in [2.45, 2.75) is 18.9 Å². The van der Waals surface area contributed by atoms with Gasteiger partial charge in [0.1, 0.15) is 0 Å². The highest BCUT2D eigenvalue weighted by atomic mass is 16.4. The molecule has 1 heterocycles. The zero-order valence-electron chi connectivity index (χ0n) is 9.07. The van der Waals surface area contributed by atoms with Gasteiger partial charge in [0, 0.05) is 11.7 Å². The topological polar surface area (TPSA) is 61.4 Å². The maximum atomic E-state index is 10.8. The Morgan fingerprint density at radius 1 is 1.38 bits per heavy atom. The molecule has 1 aliphatic rings. The van der Waals surface area contributed by atoms with E-state index in [0.29, 0.717) is 11.6 Å². The van der Waals surface area contributed by atoms with Crippen LogP contribution in [-0.2, 0) is 0 Å². The van der Waals surface area contributed by atoms with Crippen LogP contribution in [0.5, 0.6) is 0 Å². The third-order valence-electron chi connectivity index (χ3n) is 2.82. The summed E-state index contributed by atoms with van der Waals surface area (Å²) in [5.74, 6) is -0.881. The standard InChI is InChI=1S/C12H16N2O2/c15-12(16)9-2-1-3-11(8-9)14-10-4-6-13-7-5-10/h1-3,8,10,13-14H,4-7H2,(H,15,16). The average Bonchev–Trinajstić information content (AvgIpc) is 2.30. The molecule has 0 aromatic heterocycles. The van der Waals surface area contributed by atoms with Crippen LogP contribution in [0.1, 0.15) is 23.2 Å². The van der Waals surface area contributed by atoms with Crippen molar-refractivity contribution in [2.24, 2.45) is 0 Å². The van der Waals surface area contributed by atoms with E-state index < -0.39 is 5.97 Å². The van der Waals surface area contributed by atoms with Crippen LogP contribution in [0.2, 0.25) is 0 Å². The summed E-state index contributed by atoms with van der Waals surface area (Å²) in [7, 11) is 0. The van der Waals surface area contributed by atoms with Gasteiger partial charge in [0.2, 0.25) is 0 Å². The monoisotopic (exact) mass is 220 g/mol. The molecule has 16 heavy (non-hydrogen) atoms. The molecule has 1 aliphatic heterocycles. The number of nitrogens with one attached hydrogen (secondary N) is 2. The molecule has 3 N–H and O–H groups in total. The lowest BCUT2D eigenvalue weighted by atomic mass is 10.1. The summed E-state index contributed by atoms with van der Waals surface area (Å²) < 4.78 is 0. The Bertz CT molecular complexity index is 373. The second kappa shape index (κ2) is 4.99. The first-order chi connectivity index (χ1) is 7.75. The van der Waals surface area contributed by atoms with Crippen molar-refractivity contribution < 1.29 is 9.90 Å². The molecular formula is C12H16N2O2. The van der Waals surface area contributed by atoms with Crippen molar-refractivity contribution in [3.05, 3.63) is 29.8 Å². The molecule has 1 aromatic rings. The number of hydrogen-bond acceptors (Lipinski definition) is 3. The summed E-state index contributed by atoms with van der Waals surface area (Å²) in [4.78, 5) is 10.8. The lowest BCUT2D eigenvalue weighted by Crippen LogP contribution is -2.35. The van der Waals surface area contributed by atoms with Gasteiger partial charge in [0.25, 0.3) is 0 Å². The van der Waals surface area contributed by atoms with Crippen LogP contribution >= 0.6 is 0 Å². The molecule has 1 aromatic carbocycles. The van der Waals surface area contributed by atoms with Crippen molar-refractivity contribution in [1.29, 1.82) is 0 Å². The number of rotatable bonds is 3. The van der Waals surface area contributed by atoms with Gasteiger partial charge < -0.3 is 15.7 Å². The van der Waals surface area contributed by atoms with Gasteiger partial charge in [-0.2, -0.15) is 0 Å². The summed E-state index contributed by atoms with van der Waals surface area (Å²) in [6, 6.07) is 7.42. The van der Waals surface area contributed by atoms with Gasteiger partial charge in [-0.15, -0.1) is 0 Å². The molecule has 0 radical (unpaired) electrons. The zero-order chi connectivity index (χ0) is 11.4. The van der Waals surface area contributed by atoms with Gasteiger partial charge in [-0.1, -0.05) is 6.07 Å². The highest BCUT2D eigenvalue weighted by molar-refractivity contribution is 5.88. The number of hydrogen-bond donors (Lipinski definition) is 3. The fourth-order valence-corrected chi connectivity index (χ4v) is 1.94. The maximum Gasteiger partial charge on any atom is 0.335 e. The van der Waals surface area contributed by atoms with Crippen LogP contribution in [0.4, 0.5) is 5.69 Å². The highest BCUT2D eigenvalue weighted by Gasteiger charge is 2.12. The Balaban J connectivity index is 2.02. The lowest BCUT2D eigenvalue weighted by molar-refractivity contribution is 0.0697. The molecular weight excluding hydrogens is 204 g/mol. The van der Waals surface area contributed by atoms with Crippen LogP contribution in [0.25, 0.3) is 0 Å². The molecule has 1 saturated heterocycles. The van der Waals surface area contributed by atoms with Crippen molar-refractivity contribution in [3.8, 4) is 0 Å². The van der Waals surface area contributed by atoms with E-state index in [9.17, 15) is 4.79 Å². The van der Waals surface area contributed by atoms with E-state index in [4.69, 9.17) is 5.11 Å². The largest absolute Gasteiger partial charge is 0.478 e. The van der Waals surface area contributed by atoms with E-state index >= 15 is 0 Å². The normalized spacial score (nSPS) is 17.0. The van der Waals surface area contributed by atoms with Crippen molar-refractivity contribution in [2.75, 3.05) is 18.4 Å². The second-order valence-electron chi connectivity index (χ2n) is 4.05. The average molecular weight is 220 g/mol. The van der Waals surface area contributed by atoms with Crippen LogP contribution in [0, 0.1) is 0 Å². The van der Waals surface area contributed by atoms with E-state index in [1.807, 2.05) is 6.07 Å². The number of carbonyl (C=O) groups is 1. The van der Waals surface area contributed by atoms with Gasteiger partial charge in [0.05, 0.1) is 5.56 Å². The summed E-state index contributed by atoms with van der Waals surface area (Å²) in [5, 5.41) is 15.5.